The molecule has 0 spiro atoms. The smallest absolute Gasteiger partial charge is 0.331 e. The van der Waals surface area contributed by atoms with Gasteiger partial charge in [-0.1, -0.05) is 6.92 Å². The van der Waals surface area contributed by atoms with E-state index in [4.69, 9.17) is 0 Å². The molecule has 0 saturated carbocycles. The zero-order chi connectivity index (χ0) is 9.40. The Kier molecular flexibility index (Phi) is 5.99. The van der Waals surface area contributed by atoms with Gasteiger partial charge in [-0.25, -0.2) is 9.59 Å². The molecule has 0 aromatic carbocycles. The van der Waals surface area contributed by atoms with Crippen LogP contribution in [-0.2, 0) is 18.8 Å². The van der Waals surface area contributed by atoms with Crippen LogP contribution in [0, 0.1) is 0 Å². The average Bonchev–Trinajstić information content (AvgIpc) is 2.10. The van der Waals surface area contributed by atoms with E-state index in [0.717, 1.165) is 18.6 Å². The maximum Gasteiger partial charge on any atom is 0.331 e. The summed E-state index contributed by atoms with van der Waals surface area (Å²) in [4.78, 5) is 21.2. The van der Waals surface area contributed by atoms with Gasteiger partial charge in [-0.3, -0.25) is 0 Å². The SMILES string of the molecule is CCCOC(=O)C=CC(=O)O[SiH3]. The molecular formula is C7H12O4Si. The van der Waals surface area contributed by atoms with Crippen LogP contribution in [0.25, 0.3) is 0 Å². The van der Waals surface area contributed by atoms with Crippen molar-refractivity contribution in [1.29, 1.82) is 0 Å². The van der Waals surface area contributed by atoms with Crippen molar-refractivity contribution in [2.45, 2.75) is 13.3 Å². The lowest BCUT2D eigenvalue weighted by molar-refractivity contribution is -0.138. The number of esters is 1. The Morgan fingerprint density at radius 2 is 1.92 bits per heavy atom. The first-order valence-electron chi connectivity index (χ1n) is 3.63. The van der Waals surface area contributed by atoms with E-state index in [1.807, 2.05) is 6.92 Å². The first kappa shape index (κ1) is 10.9. The minimum atomic E-state index is -0.510. The van der Waals surface area contributed by atoms with Gasteiger partial charge in [-0.15, -0.1) is 0 Å². The molecule has 0 heterocycles. The van der Waals surface area contributed by atoms with Crippen molar-refractivity contribution < 1.29 is 18.8 Å². The fourth-order valence-electron chi connectivity index (χ4n) is 0.455. The van der Waals surface area contributed by atoms with Gasteiger partial charge in [-0.05, 0) is 6.42 Å². The Bertz CT molecular complexity index is 188. The molecule has 0 unspecified atom stereocenters. The molecule has 0 aliphatic heterocycles. The van der Waals surface area contributed by atoms with Crippen molar-refractivity contribution in [3.05, 3.63) is 12.2 Å². The van der Waals surface area contributed by atoms with Crippen LogP contribution >= 0.6 is 0 Å². The van der Waals surface area contributed by atoms with Crippen molar-refractivity contribution in [2.75, 3.05) is 6.61 Å². The van der Waals surface area contributed by atoms with Crippen LogP contribution in [0.2, 0.25) is 0 Å². The highest BCUT2D eigenvalue weighted by Gasteiger charge is 1.96. The quantitative estimate of drug-likeness (QED) is 0.333. The fraction of sp³-hybridized carbons (Fsp3) is 0.429. The molecule has 0 saturated heterocycles. The number of hydrogen-bond donors (Lipinski definition) is 0. The zero-order valence-electron chi connectivity index (χ0n) is 7.20. The van der Waals surface area contributed by atoms with Gasteiger partial charge in [0.15, 0.2) is 0 Å². The molecule has 4 nitrogen and oxygen atoms in total. The Morgan fingerprint density at radius 3 is 2.42 bits per heavy atom. The standard InChI is InChI=1S/C7H12O4Si/c1-2-5-10-6(8)3-4-7(9)11-12/h3-4H,2,5H2,1,12H3. The third-order valence-corrected chi connectivity index (χ3v) is 1.41. The predicted molar refractivity (Wildman–Crippen MR) is 46.4 cm³/mol. The van der Waals surface area contributed by atoms with Crippen LogP contribution < -0.4 is 0 Å². The van der Waals surface area contributed by atoms with Gasteiger partial charge in [0.2, 0.25) is 10.5 Å². The molecule has 0 aromatic rings. The maximum absolute atomic E-state index is 10.7. The van der Waals surface area contributed by atoms with E-state index >= 15 is 0 Å². The van der Waals surface area contributed by atoms with Crippen molar-refractivity contribution >= 4 is 22.4 Å². The molecule has 0 atom stereocenters. The van der Waals surface area contributed by atoms with Crippen molar-refractivity contribution in [1.82, 2.24) is 0 Å². The normalized spacial score (nSPS) is 10.1. The van der Waals surface area contributed by atoms with Gasteiger partial charge < -0.3 is 9.16 Å². The number of carbonyl (C=O) groups excluding carboxylic acids is 2. The highest BCUT2D eigenvalue weighted by molar-refractivity contribution is 6.08. The Labute approximate surface area is 74.1 Å². The molecule has 0 fully saturated rings. The number of ether oxygens (including phenoxy) is 1. The second-order valence-corrected chi connectivity index (χ2v) is 2.43. The molecule has 0 aliphatic rings. The molecule has 0 bridgehead atoms. The Morgan fingerprint density at radius 1 is 1.33 bits per heavy atom. The third-order valence-electron chi connectivity index (χ3n) is 1.01. The lowest BCUT2D eigenvalue weighted by atomic mass is 10.5. The van der Waals surface area contributed by atoms with Gasteiger partial charge in [-0.2, -0.15) is 0 Å². The van der Waals surface area contributed by atoms with E-state index in [0.29, 0.717) is 17.1 Å². The Balaban J connectivity index is 3.67. The van der Waals surface area contributed by atoms with Crippen molar-refractivity contribution in [2.24, 2.45) is 0 Å². The summed E-state index contributed by atoms with van der Waals surface area (Å²) in [5, 5.41) is 0. The van der Waals surface area contributed by atoms with Crippen LogP contribution in [0.5, 0.6) is 0 Å². The largest absolute Gasteiger partial charge is 0.526 e. The van der Waals surface area contributed by atoms with E-state index in [9.17, 15) is 9.59 Å². The highest BCUT2D eigenvalue weighted by Crippen LogP contribution is 1.85. The third kappa shape index (κ3) is 5.66. The number of hydrogen-bond acceptors (Lipinski definition) is 4. The molecule has 0 aliphatic carbocycles. The topological polar surface area (TPSA) is 52.6 Å². The Hall–Kier alpha value is -1.10. The minimum Gasteiger partial charge on any atom is -0.526 e. The summed E-state index contributed by atoms with van der Waals surface area (Å²) in [5.41, 5.74) is 0. The fourth-order valence-corrected chi connectivity index (χ4v) is 0.591. The second-order valence-electron chi connectivity index (χ2n) is 2.02. The van der Waals surface area contributed by atoms with E-state index in [2.05, 4.69) is 9.16 Å². The van der Waals surface area contributed by atoms with Gasteiger partial charge >= 0.3 is 11.9 Å². The minimum absolute atomic E-state index is 0.333. The molecule has 68 valence electrons. The van der Waals surface area contributed by atoms with Crippen LogP contribution in [-0.4, -0.2) is 29.0 Å². The summed E-state index contributed by atoms with van der Waals surface area (Å²) < 4.78 is 9.07. The zero-order valence-corrected chi connectivity index (χ0v) is 9.20. The second kappa shape index (κ2) is 6.60. The summed E-state index contributed by atoms with van der Waals surface area (Å²) in [6.07, 6.45) is 2.89. The first-order chi connectivity index (χ1) is 5.70. The van der Waals surface area contributed by atoms with E-state index < -0.39 is 11.9 Å². The lowest BCUT2D eigenvalue weighted by Gasteiger charge is -1.96. The molecule has 0 radical (unpaired) electrons. The molecule has 0 aromatic heterocycles. The van der Waals surface area contributed by atoms with Crippen molar-refractivity contribution in [3.63, 3.8) is 0 Å². The number of carbonyl (C=O) groups is 2. The van der Waals surface area contributed by atoms with Gasteiger partial charge in [0.1, 0.15) is 0 Å². The molecular weight excluding hydrogens is 176 g/mol. The summed E-state index contributed by atoms with van der Waals surface area (Å²) in [5.74, 6) is -1.01. The summed E-state index contributed by atoms with van der Waals surface area (Å²) >= 11 is 0. The van der Waals surface area contributed by atoms with Gasteiger partial charge in [0.05, 0.1) is 6.61 Å². The van der Waals surface area contributed by atoms with Gasteiger partial charge in [0, 0.05) is 12.2 Å². The highest BCUT2D eigenvalue weighted by atomic mass is 28.2. The molecule has 0 rings (SSSR count). The van der Waals surface area contributed by atoms with Crippen molar-refractivity contribution in [3.8, 4) is 0 Å². The van der Waals surface area contributed by atoms with E-state index in [1.54, 1.807) is 0 Å². The van der Waals surface area contributed by atoms with Crippen LogP contribution in [0.4, 0.5) is 0 Å². The molecule has 5 heteroatoms. The number of rotatable bonds is 4. The van der Waals surface area contributed by atoms with Crippen LogP contribution in [0.15, 0.2) is 12.2 Å². The van der Waals surface area contributed by atoms with E-state index in [1.165, 1.54) is 0 Å². The molecule has 0 N–H and O–H groups in total. The van der Waals surface area contributed by atoms with Crippen LogP contribution in [0.3, 0.4) is 0 Å². The molecule has 12 heavy (non-hydrogen) atoms. The maximum atomic E-state index is 10.7. The predicted octanol–water partition coefficient (Wildman–Crippen LogP) is -0.681. The van der Waals surface area contributed by atoms with E-state index in [-0.39, 0.29) is 0 Å². The molecule has 0 amide bonds. The average molecular weight is 188 g/mol. The first-order valence-corrected chi connectivity index (χ1v) is 4.45. The van der Waals surface area contributed by atoms with Gasteiger partial charge in [0.25, 0.3) is 0 Å². The summed E-state index contributed by atoms with van der Waals surface area (Å²) in [6, 6.07) is 0. The summed E-state index contributed by atoms with van der Waals surface area (Å²) in [6.45, 7) is 2.27. The monoisotopic (exact) mass is 188 g/mol. The lowest BCUT2D eigenvalue weighted by Crippen LogP contribution is -2.03. The summed E-state index contributed by atoms with van der Waals surface area (Å²) in [7, 11) is 0.333. The van der Waals surface area contributed by atoms with Crippen LogP contribution in [0.1, 0.15) is 13.3 Å².